The highest BCUT2D eigenvalue weighted by atomic mass is 32.2. The fourth-order valence-electron chi connectivity index (χ4n) is 6.67. The van der Waals surface area contributed by atoms with Gasteiger partial charge in [0.1, 0.15) is 11.4 Å². The molecule has 2 saturated heterocycles. The largest absolute Gasteiger partial charge is 0.496 e. The number of nitrogens with zero attached hydrogens (tertiary/aromatic N) is 3. The van der Waals surface area contributed by atoms with Gasteiger partial charge in [0.15, 0.2) is 0 Å². The molecule has 5 rings (SSSR count). The maximum Gasteiger partial charge on any atom is 0.419 e. The first kappa shape index (κ1) is 34.7. The highest BCUT2D eigenvalue weighted by molar-refractivity contribution is 7.96. The topological polar surface area (TPSA) is 85.3 Å². The molecule has 3 aromatic rings. The molecular weight excluding hydrogens is 588 g/mol. The minimum Gasteiger partial charge on any atom is -0.496 e. The monoisotopic (exact) mass is 638 g/mol. The Bertz CT molecular complexity index is 1520. The van der Waals surface area contributed by atoms with E-state index in [9.17, 15) is 9.59 Å². The number of methoxy groups -OCH3 is 2. The average molecular weight is 639 g/mol. The highest BCUT2D eigenvalue weighted by Crippen LogP contribution is 2.51. The molecule has 1 spiro atoms. The molecule has 2 aliphatic heterocycles. The number of rotatable bonds is 7. The molecule has 0 radical (unpaired) electrons. The Hall–Kier alpha value is -3.21. The number of anilines is 1. The summed E-state index contributed by atoms with van der Waals surface area (Å²) in [7, 11) is 5.00. The quantitative estimate of drug-likeness (QED) is 0.209. The first-order valence-electron chi connectivity index (χ1n) is 15.8. The predicted octanol–water partition coefficient (Wildman–Crippen LogP) is 7.51. The second-order valence-corrected chi connectivity index (χ2v) is 13.6. The van der Waals surface area contributed by atoms with Gasteiger partial charge in [0, 0.05) is 61.0 Å². The van der Waals surface area contributed by atoms with Crippen molar-refractivity contribution in [2.75, 3.05) is 52.5 Å². The Labute approximate surface area is 272 Å². The summed E-state index contributed by atoms with van der Waals surface area (Å²) in [6, 6.07) is 9.95. The summed E-state index contributed by atoms with van der Waals surface area (Å²) >= 11 is 1.81. The minimum atomic E-state index is -0.602. The molecule has 2 aromatic carbocycles. The van der Waals surface area contributed by atoms with Crippen LogP contribution in [0, 0.1) is 12.3 Å². The van der Waals surface area contributed by atoms with Gasteiger partial charge in [-0.2, -0.15) is 0 Å². The van der Waals surface area contributed by atoms with Gasteiger partial charge in [-0.1, -0.05) is 31.9 Å². The zero-order chi connectivity index (χ0) is 33.1. The predicted molar refractivity (Wildman–Crippen MR) is 183 cm³/mol. The second-order valence-electron chi connectivity index (χ2n) is 12.8. The van der Waals surface area contributed by atoms with E-state index in [0.717, 1.165) is 71.5 Å². The van der Waals surface area contributed by atoms with E-state index in [4.69, 9.17) is 14.2 Å². The van der Waals surface area contributed by atoms with Crippen LogP contribution >= 0.6 is 11.9 Å². The fourth-order valence-corrected chi connectivity index (χ4v) is 7.48. The summed E-state index contributed by atoms with van der Waals surface area (Å²) in [6.45, 7) is 15.3. The molecule has 1 aromatic heterocycles. The van der Waals surface area contributed by atoms with Gasteiger partial charge in [0.2, 0.25) is 0 Å². The Balaban J connectivity index is 0.00000226. The lowest BCUT2D eigenvalue weighted by molar-refractivity contribution is -0.0286. The highest BCUT2D eigenvalue weighted by Gasteiger charge is 2.48. The van der Waals surface area contributed by atoms with Crippen LogP contribution in [0.3, 0.4) is 0 Å². The lowest BCUT2D eigenvalue weighted by Crippen LogP contribution is -2.58. The molecule has 0 aliphatic carbocycles. The molecule has 10 heteroatoms. The third-order valence-electron chi connectivity index (χ3n) is 8.78. The van der Waals surface area contributed by atoms with Crippen molar-refractivity contribution in [2.45, 2.75) is 72.6 Å². The van der Waals surface area contributed by atoms with Crippen LogP contribution in [-0.2, 0) is 16.0 Å². The Kier molecular flexibility index (Phi) is 10.8. The summed E-state index contributed by atoms with van der Waals surface area (Å²) in [5.41, 5.74) is 5.08. The van der Waals surface area contributed by atoms with Crippen LogP contribution in [0.4, 0.5) is 10.5 Å². The van der Waals surface area contributed by atoms with Gasteiger partial charge in [-0.25, -0.2) is 13.9 Å². The third kappa shape index (κ3) is 7.13. The zero-order valence-corrected chi connectivity index (χ0v) is 29.4. The zero-order valence-electron chi connectivity index (χ0n) is 28.6. The number of carbonyl (C=O) groups excluding carboxylic acids is 2. The van der Waals surface area contributed by atoms with Gasteiger partial charge in [0.25, 0.3) is 0 Å². The van der Waals surface area contributed by atoms with Gasteiger partial charge >= 0.3 is 12.1 Å². The number of likely N-dealkylation sites (tertiary alicyclic amines) is 1. The maximum atomic E-state index is 13.2. The fraction of sp³-hybridized carbons (Fsp3) is 0.543. The minimum absolute atomic E-state index is 0.112. The molecular formula is C35H50N4O5S. The smallest absolute Gasteiger partial charge is 0.419 e. The molecule has 3 heterocycles. The number of fused-ring (bicyclic) bond motifs is 1. The molecule has 1 N–H and O–H groups in total. The van der Waals surface area contributed by atoms with E-state index in [1.165, 1.54) is 7.11 Å². The summed E-state index contributed by atoms with van der Waals surface area (Å²) in [4.78, 5) is 28.0. The van der Waals surface area contributed by atoms with Crippen LogP contribution in [0.1, 0.15) is 80.6 Å². The molecule has 2 fully saturated rings. The first-order valence-corrected chi connectivity index (χ1v) is 16.9. The summed E-state index contributed by atoms with van der Waals surface area (Å²) in [6.07, 6.45) is 5.65. The van der Waals surface area contributed by atoms with Gasteiger partial charge in [-0.3, -0.25) is 9.47 Å². The molecule has 45 heavy (non-hydrogen) atoms. The molecule has 1 unspecified atom stereocenters. The number of ether oxygens (including phenoxy) is 3. The number of hydrogen-bond acceptors (Lipinski definition) is 9. The van der Waals surface area contributed by atoms with Crippen LogP contribution < -0.4 is 10.1 Å². The maximum absolute atomic E-state index is 13.2. The summed E-state index contributed by atoms with van der Waals surface area (Å²) < 4.78 is 20.7. The number of benzene rings is 2. The molecule has 1 atom stereocenters. The number of nitrogens with one attached hydrogen (secondary N) is 1. The Morgan fingerprint density at radius 3 is 2.42 bits per heavy atom. The van der Waals surface area contributed by atoms with E-state index in [1.54, 1.807) is 17.9 Å². The van der Waals surface area contributed by atoms with Gasteiger partial charge < -0.3 is 19.5 Å². The van der Waals surface area contributed by atoms with Crippen LogP contribution in [0.5, 0.6) is 5.75 Å². The van der Waals surface area contributed by atoms with E-state index >= 15 is 0 Å². The Morgan fingerprint density at radius 2 is 1.82 bits per heavy atom. The number of esters is 1. The molecule has 0 bridgehead atoms. The van der Waals surface area contributed by atoms with Crippen LogP contribution in [0.2, 0.25) is 0 Å². The van der Waals surface area contributed by atoms with Crippen molar-refractivity contribution in [1.29, 1.82) is 0 Å². The lowest BCUT2D eigenvalue weighted by atomic mass is 9.69. The number of piperidine rings is 1. The van der Waals surface area contributed by atoms with Gasteiger partial charge in [0.05, 0.1) is 25.3 Å². The number of aromatic nitrogens is 1. The van der Waals surface area contributed by atoms with Crippen LogP contribution in [0.15, 0.2) is 36.5 Å². The van der Waals surface area contributed by atoms with Crippen molar-refractivity contribution in [3.63, 3.8) is 0 Å². The van der Waals surface area contributed by atoms with Crippen molar-refractivity contribution in [3.05, 3.63) is 58.8 Å². The van der Waals surface area contributed by atoms with E-state index < -0.39 is 11.7 Å². The number of carbonyl (C=O) groups is 2. The third-order valence-corrected chi connectivity index (χ3v) is 9.56. The van der Waals surface area contributed by atoms with Crippen molar-refractivity contribution in [1.82, 2.24) is 13.8 Å². The molecule has 246 valence electrons. The van der Waals surface area contributed by atoms with E-state index in [-0.39, 0.29) is 17.4 Å². The first-order chi connectivity index (χ1) is 21.4. The van der Waals surface area contributed by atoms with E-state index in [0.29, 0.717) is 12.1 Å². The number of aryl methyl sites for hydroxylation is 1. The molecule has 2 aliphatic rings. The summed E-state index contributed by atoms with van der Waals surface area (Å²) in [5.74, 6) is 0.453. The van der Waals surface area contributed by atoms with Crippen molar-refractivity contribution in [3.8, 4) is 5.75 Å². The summed E-state index contributed by atoms with van der Waals surface area (Å²) in [5, 5.41) is 4.33. The van der Waals surface area contributed by atoms with Gasteiger partial charge in [-0.05, 0) is 88.7 Å². The van der Waals surface area contributed by atoms with Crippen molar-refractivity contribution in [2.24, 2.45) is 5.41 Å². The Morgan fingerprint density at radius 1 is 1.11 bits per heavy atom. The standard InChI is InChI=1S/C33H44N4O5S.C2H6/c1-21-15-28(40-6)25(23-11-13-37(29(21)23)31(39)42-32(2,3)4)18-35-14-12-33(19-36(20-33)43-8)17-27(35)24-10-9-22(30(38)41-7)16-26(24)34-5;1-2/h9-11,13,15-16,27,34H,12,14,17-20H2,1-8H3;1-2H3. The van der Waals surface area contributed by atoms with E-state index in [2.05, 4.69) is 26.8 Å². The van der Waals surface area contributed by atoms with Crippen molar-refractivity contribution >= 4 is 40.6 Å². The molecule has 9 nitrogen and oxygen atoms in total. The normalized spacial score (nSPS) is 18.1. The van der Waals surface area contributed by atoms with Gasteiger partial charge in [-0.15, -0.1) is 0 Å². The SMILES string of the molecule is CC.CNc1cc(C(=O)OC)ccc1C1CC2(CCN1Cc1c(OC)cc(C)c3c1ccn3C(=O)OC(C)(C)C)CN(SC)C2. The van der Waals surface area contributed by atoms with E-state index in [1.807, 2.05) is 84.8 Å². The molecule has 0 saturated carbocycles. The molecule has 0 amide bonds. The van der Waals surface area contributed by atoms with Crippen molar-refractivity contribution < 1.29 is 23.8 Å². The average Bonchev–Trinajstić information content (AvgIpc) is 3.47. The van der Waals surface area contributed by atoms with Crippen LogP contribution in [-0.4, -0.2) is 78.6 Å². The second kappa shape index (κ2) is 14.1. The number of hydrogen-bond donors (Lipinski definition) is 1. The van der Waals surface area contributed by atoms with Crippen LogP contribution in [0.25, 0.3) is 10.9 Å². The lowest BCUT2D eigenvalue weighted by Gasteiger charge is -2.56.